The first-order valence-corrected chi connectivity index (χ1v) is 12.4. The van der Waals surface area contributed by atoms with Crippen molar-refractivity contribution >= 4 is 23.1 Å². The number of aliphatic carboxylic acids is 1. The Morgan fingerprint density at radius 2 is 2.03 bits per heavy atom. The molecule has 2 aromatic carbocycles. The van der Waals surface area contributed by atoms with Gasteiger partial charge < -0.3 is 9.84 Å². The molecular formula is C26H27FN2O5S. The first-order chi connectivity index (χ1) is 16.7. The number of carboxylic acids is 1. The molecule has 0 spiro atoms. The number of benzene rings is 2. The third-order valence-electron chi connectivity index (χ3n) is 6.13. The van der Waals surface area contributed by atoms with Crippen molar-refractivity contribution in [3.63, 3.8) is 0 Å². The second-order valence-corrected chi connectivity index (χ2v) is 9.66. The molecule has 4 rings (SSSR count). The number of ether oxygens (including phenoxy) is 1. The highest BCUT2D eigenvalue weighted by molar-refractivity contribution is 7.80. The maximum atomic E-state index is 14.4. The molecule has 0 bridgehead atoms. The molecule has 2 unspecified atom stereocenters. The summed E-state index contributed by atoms with van der Waals surface area (Å²) in [6.45, 7) is 3.65. The fourth-order valence-electron chi connectivity index (χ4n) is 4.45. The summed E-state index contributed by atoms with van der Waals surface area (Å²) >= 11 is -2.43. The maximum absolute atomic E-state index is 14.4. The lowest BCUT2D eigenvalue weighted by Gasteiger charge is -2.34. The number of anilines is 1. The van der Waals surface area contributed by atoms with Gasteiger partial charge in [-0.2, -0.15) is 0 Å². The van der Waals surface area contributed by atoms with Crippen molar-refractivity contribution in [2.24, 2.45) is 0 Å². The first-order valence-electron chi connectivity index (χ1n) is 11.4. The van der Waals surface area contributed by atoms with Crippen LogP contribution in [-0.4, -0.2) is 31.4 Å². The van der Waals surface area contributed by atoms with Crippen molar-refractivity contribution in [2.45, 2.75) is 45.1 Å². The molecule has 0 radical (unpaired) electrons. The Morgan fingerprint density at radius 3 is 2.69 bits per heavy atom. The van der Waals surface area contributed by atoms with E-state index in [4.69, 9.17) is 9.84 Å². The van der Waals surface area contributed by atoms with Crippen molar-refractivity contribution in [3.8, 4) is 16.9 Å². The van der Waals surface area contributed by atoms with Crippen molar-refractivity contribution in [3.05, 3.63) is 77.2 Å². The summed E-state index contributed by atoms with van der Waals surface area (Å²) in [5.41, 5.74) is 4.21. The van der Waals surface area contributed by atoms with E-state index in [9.17, 15) is 17.9 Å². The van der Waals surface area contributed by atoms with Crippen molar-refractivity contribution in [1.29, 1.82) is 0 Å². The summed E-state index contributed by atoms with van der Waals surface area (Å²) in [5, 5.41) is 8.95. The average Bonchev–Trinajstić information content (AvgIpc) is 2.83. The fourth-order valence-corrected chi connectivity index (χ4v) is 5.15. The van der Waals surface area contributed by atoms with Gasteiger partial charge in [0.25, 0.3) is 11.3 Å². The summed E-state index contributed by atoms with van der Waals surface area (Å²) < 4.78 is 43.7. The van der Waals surface area contributed by atoms with Gasteiger partial charge in [-0.25, -0.2) is 22.7 Å². The minimum atomic E-state index is -2.43. The number of nitrogens with zero attached hydrogens (tertiary/aromatic N) is 2. The third-order valence-corrected chi connectivity index (χ3v) is 6.91. The minimum Gasteiger partial charge on any atom is -0.482 e. The lowest BCUT2D eigenvalue weighted by Crippen LogP contribution is -2.33. The van der Waals surface area contributed by atoms with Gasteiger partial charge in [0, 0.05) is 17.8 Å². The summed E-state index contributed by atoms with van der Waals surface area (Å²) in [6, 6.07) is 13.5. The summed E-state index contributed by atoms with van der Waals surface area (Å²) in [6.07, 6.45) is 3.36. The fraction of sp³-hybridized carbons (Fsp3) is 0.308. The van der Waals surface area contributed by atoms with E-state index in [2.05, 4.69) is 31.0 Å². The Hall–Kier alpha value is -3.30. The number of rotatable bonds is 8. The molecule has 0 fully saturated rings. The van der Waals surface area contributed by atoms with E-state index in [1.165, 1.54) is 15.9 Å². The summed E-state index contributed by atoms with van der Waals surface area (Å²) in [4.78, 5) is 15.4. The molecular weight excluding hydrogens is 471 g/mol. The molecule has 1 aliphatic carbocycles. The Kier molecular flexibility index (Phi) is 7.47. The zero-order valence-corrected chi connectivity index (χ0v) is 20.3. The number of carbonyl (C=O) groups is 1. The molecule has 35 heavy (non-hydrogen) atoms. The highest BCUT2D eigenvalue weighted by atomic mass is 32.2. The lowest BCUT2D eigenvalue weighted by molar-refractivity contribution is -0.139. The van der Waals surface area contributed by atoms with E-state index < -0.39 is 35.7 Å². The normalized spacial score (nSPS) is 16.0. The smallest absolute Gasteiger partial charge is 0.341 e. The van der Waals surface area contributed by atoms with Crippen LogP contribution in [0.15, 0.2) is 54.7 Å². The van der Waals surface area contributed by atoms with E-state index >= 15 is 0 Å². The van der Waals surface area contributed by atoms with Crippen LogP contribution in [0.1, 0.15) is 55.3 Å². The first kappa shape index (κ1) is 24.8. The Balaban J connectivity index is 1.68. The maximum Gasteiger partial charge on any atom is 0.341 e. The molecule has 1 aromatic heterocycles. The number of pyridine rings is 1. The zero-order valence-electron chi connectivity index (χ0n) is 19.5. The highest BCUT2D eigenvalue weighted by Gasteiger charge is 2.32. The molecule has 0 saturated heterocycles. The van der Waals surface area contributed by atoms with E-state index in [1.807, 2.05) is 18.2 Å². The van der Waals surface area contributed by atoms with Crippen LogP contribution in [0, 0.1) is 5.82 Å². The standard InChI is InChI=1S/C26H27FN2O5S/c1-16(2)17-5-3-6-18(11-17)19-9-10-25(28-14-19)29(35(32)33)23-8-4-7-21-22(23)12-20(27)13-24(21)34-15-26(30)31/h3,5-6,9-14,16,23H,4,7-8,15H2,1-2H3,(H,30,31)(H,32,33). The molecule has 7 nitrogen and oxygen atoms in total. The van der Waals surface area contributed by atoms with Crippen LogP contribution < -0.4 is 9.04 Å². The van der Waals surface area contributed by atoms with Gasteiger partial charge in [0.15, 0.2) is 6.61 Å². The summed E-state index contributed by atoms with van der Waals surface area (Å²) in [7, 11) is 0. The van der Waals surface area contributed by atoms with Gasteiger partial charge in [-0.05, 0) is 65.6 Å². The zero-order chi connectivity index (χ0) is 25.1. The van der Waals surface area contributed by atoms with Gasteiger partial charge >= 0.3 is 5.97 Å². The third kappa shape index (κ3) is 5.52. The molecule has 2 atom stereocenters. The van der Waals surface area contributed by atoms with Gasteiger partial charge in [-0.1, -0.05) is 38.1 Å². The largest absolute Gasteiger partial charge is 0.482 e. The quantitative estimate of drug-likeness (QED) is 0.398. The topological polar surface area (TPSA) is 100.0 Å². The molecule has 2 N–H and O–H groups in total. The van der Waals surface area contributed by atoms with Gasteiger partial charge in [0.2, 0.25) is 0 Å². The van der Waals surface area contributed by atoms with Gasteiger partial charge in [0.1, 0.15) is 17.4 Å². The number of carboxylic acid groups (broad SMARTS) is 1. The van der Waals surface area contributed by atoms with Crippen LogP contribution >= 0.6 is 0 Å². The second-order valence-electron chi connectivity index (χ2n) is 8.80. The monoisotopic (exact) mass is 498 g/mol. The van der Waals surface area contributed by atoms with Gasteiger partial charge in [-0.15, -0.1) is 0 Å². The molecule has 184 valence electrons. The molecule has 3 aromatic rings. The average molecular weight is 499 g/mol. The SMILES string of the molecule is CC(C)c1cccc(-c2ccc(N(C3CCCc4c(OCC(=O)O)cc(F)cc43)S(=O)O)nc2)c1. The summed E-state index contributed by atoms with van der Waals surface area (Å²) in [5.74, 6) is -0.968. The second kappa shape index (κ2) is 10.5. The Labute approximate surface area is 206 Å². The van der Waals surface area contributed by atoms with Crippen LogP contribution in [0.4, 0.5) is 10.2 Å². The van der Waals surface area contributed by atoms with E-state index in [-0.39, 0.29) is 11.6 Å². The van der Waals surface area contributed by atoms with Gasteiger partial charge in [0.05, 0.1) is 6.04 Å². The van der Waals surface area contributed by atoms with Crippen LogP contribution in [-0.2, 0) is 22.5 Å². The van der Waals surface area contributed by atoms with Crippen LogP contribution in [0.2, 0.25) is 0 Å². The van der Waals surface area contributed by atoms with Crippen LogP contribution in [0.5, 0.6) is 5.75 Å². The van der Waals surface area contributed by atoms with Crippen molar-refractivity contribution in [2.75, 3.05) is 10.9 Å². The number of hydrogen-bond donors (Lipinski definition) is 2. The predicted molar refractivity (Wildman–Crippen MR) is 132 cm³/mol. The number of aromatic nitrogens is 1. The molecule has 1 aliphatic rings. The Morgan fingerprint density at radius 1 is 1.23 bits per heavy atom. The number of fused-ring (bicyclic) bond motifs is 1. The van der Waals surface area contributed by atoms with E-state index in [0.29, 0.717) is 36.3 Å². The lowest BCUT2D eigenvalue weighted by atomic mass is 9.86. The Bertz CT molecular complexity index is 1250. The van der Waals surface area contributed by atoms with Crippen LogP contribution in [0.3, 0.4) is 0 Å². The number of hydrogen-bond acceptors (Lipinski definition) is 4. The molecule has 0 aliphatic heterocycles. The molecule has 9 heteroatoms. The predicted octanol–water partition coefficient (Wildman–Crippen LogP) is 5.50. The highest BCUT2D eigenvalue weighted by Crippen LogP contribution is 2.41. The van der Waals surface area contributed by atoms with Crippen molar-refractivity contribution < 1.29 is 27.8 Å². The molecule has 1 heterocycles. The molecule has 0 amide bonds. The molecule has 0 saturated carbocycles. The van der Waals surface area contributed by atoms with Crippen LogP contribution in [0.25, 0.3) is 11.1 Å². The minimum absolute atomic E-state index is 0.143. The number of halogens is 1. The van der Waals surface area contributed by atoms with Gasteiger partial charge in [-0.3, -0.25) is 4.55 Å². The van der Waals surface area contributed by atoms with E-state index in [0.717, 1.165) is 17.2 Å². The van der Waals surface area contributed by atoms with E-state index in [1.54, 1.807) is 12.3 Å². The van der Waals surface area contributed by atoms with Crippen molar-refractivity contribution in [1.82, 2.24) is 4.98 Å².